The summed E-state index contributed by atoms with van der Waals surface area (Å²) in [5.74, 6) is 0.0108. The van der Waals surface area contributed by atoms with Gasteiger partial charge in [-0.3, -0.25) is 4.79 Å². The van der Waals surface area contributed by atoms with Gasteiger partial charge >= 0.3 is 0 Å². The number of nitrogens with zero attached hydrogens (tertiary/aromatic N) is 1. The molecule has 0 aromatic heterocycles. The quantitative estimate of drug-likeness (QED) is 0.890. The van der Waals surface area contributed by atoms with Crippen LogP contribution in [0.3, 0.4) is 0 Å². The molecule has 0 radical (unpaired) electrons. The van der Waals surface area contributed by atoms with E-state index in [9.17, 15) is 9.18 Å². The molecule has 3 nitrogen and oxygen atoms in total. The summed E-state index contributed by atoms with van der Waals surface area (Å²) in [5.41, 5.74) is 6.96. The lowest BCUT2D eigenvalue weighted by molar-refractivity contribution is 0.0789. The minimum atomic E-state index is -0.291. The van der Waals surface area contributed by atoms with Crippen LogP contribution in [-0.2, 0) is 0 Å². The normalized spacial score (nSPS) is 12.6. The molecule has 0 heterocycles. The van der Waals surface area contributed by atoms with E-state index in [1.54, 1.807) is 24.9 Å². The number of halogens is 1. The number of benzene rings is 1. The second-order valence-corrected chi connectivity index (χ2v) is 5.39. The van der Waals surface area contributed by atoms with Gasteiger partial charge in [0.2, 0.25) is 0 Å². The largest absolute Gasteiger partial charge is 0.342 e. The van der Waals surface area contributed by atoms with E-state index >= 15 is 0 Å². The maximum Gasteiger partial charge on any atom is 0.253 e. The highest BCUT2D eigenvalue weighted by atomic mass is 19.1. The Morgan fingerprint density at radius 1 is 1.42 bits per heavy atom. The van der Waals surface area contributed by atoms with E-state index in [2.05, 4.69) is 13.8 Å². The van der Waals surface area contributed by atoms with Crippen LogP contribution < -0.4 is 5.73 Å². The summed E-state index contributed by atoms with van der Waals surface area (Å²) < 4.78 is 13.2. The van der Waals surface area contributed by atoms with Crippen molar-refractivity contribution in [3.05, 3.63) is 35.1 Å². The second-order valence-electron chi connectivity index (χ2n) is 5.39. The molecule has 0 fully saturated rings. The molecule has 0 spiro atoms. The number of aryl methyl sites for hydroxylation is 1. The Kier molecular flexibility index (Phi) is 5.48. The lowest BCUT2D eigenvalue weighted by Gasteiger charge is -2.21. The van der Waals surface area contributed by atoms with Gasteiger partial charge in [-0.2, -0.15) is 0 Å². The number of hydrogen-bond donors (Lipinski definition) is 1. The minimum Gasteiger partial charge on any atom is -0.342 e. The van der Waals surface area contributed by atoms with E-state index in [-0.39, 0.29) is 17.8 Å². The molecule has 1 aromatic rings. The van der Waals surface area contributed by atoms with Crippen LogP contribution in [0.25, 0.3) is 0 Å². The number of carbonyl (C=O) groups is 1. The third-order valence-corrected chi connectivity index (χ3v) is 3.41. The van der Waals surface area contributed by atoms with Crippen LogP contribution >= 0.6 is 0 Å². The summed E-state index contributed by atoms with van der Waals surface area (Å²) in [5, 5.41) is 0. The predicted molar refractivity (Wildman–Crippen MR) is 75.5 cm³/mol. The van der Waals surface area contributed by atoms with E-state index in [1.165, 1.54) is 12.1 Å². The smallest absolute Gasteiger partial charge is 0.253 e. The van der Waals surface area contributed by atoms with Crippen molar-refractivity contribution in [3.8, 4) is 0 Å². The number of amides is 1. The van der Waals surface area contributed by atoms with Gasteiger partial charge in [0.15, 0.2) is 0 Å². The van der Waals surface area contributed by atoms with Gasteiger partial charge in [0.1, 0.15) is 5.82 Å². The molecule has 1 atom stereocenters. The third-order valence-electron chi connectivity index (χ3n) is 3.41. The molecule has 0 aliphatic carbocycles. The van der Waals surface area contributed by atoms with E-state index in [4.69, 9.17) is 5.73 Å². The summed E-state index contributed by atoms with van der Waals surface area (Å²) in [4.78, 5) is 13.8. The first-order chi connectivity index (χ1) is 8.82. The number of hydrogen-bond acceptors (Lipinski definition) is 2. The predicted octanol–water partition coefficient (Wildman–Crippen LogP) is 2.58. The van der Waals surface area contributed by atoms with Crippen molar-refractivity contribution in [3.63, 3.8) is 0 Å². The van der Waals surface area contributed by atoms with Crippen LogP contribution in [0, 0.1) is 18.7 Å². The van der Waals surface area contributed by atoms with Gasteiger partial charge in [0.25, 0.3) is 5.91 Å². The van der Waals surface area contributed by atoms with Crippen molar-refractivity contribution in [2.24, 2.45) is 11.7 Å². The Morgan fingerprint density at radius 2 is 2.05 bits per heavy atom. The third kappa shape index (κ3) is 4.31. The fourth-order valence-electron chi connectivity index (χ4n) is 1.78. The lowest BCUT2D eigenvalue weighted by atomic mass is 10.0. The van der Waals surface area contributed by atoms with Gasteiger partial charge in [-0.15, -0.1) is 0 Å². The highest BCUT2D eigenvalue weighted by molar-refractivity contribution is 5.94. The topological polar surface area (TPSA) is 46.3 Å². The van der Waals surface area contributed by atoms with Gasteiger partial charge in [0, 0.05) is 25.2 Å². The van der Waals surface area contributed by atoms with Crippen LogP contribution in [0.1, 0.15) is 36.2 Å². The van der Waals surface area contributed by atoms with Crippen LogP contribution in [0.2, 0.25) is 0 Å². The molecule has 19 heavy (non-hydrogen) atoms. The van der Waals surface area contributed by atoms with E-state index in [0.29, 0.717) is 23.6 Å². The van der Waals surface area contributed by atoms with E-state index in [0.717, 1.165) is 6.42 Å². The van der Waals surface area contributed by atoms with E-state index < -0.39 is 0 Å². The van der Waals surface area contributed by atoms with E-state index in [1.807, 2.05) is 0 Å². The van der Waals surface area contributed by atoms with Crippen molar-refractivity contribution in [2.75, 3.05) is 13.6 Å². The molecule has 0 saturated heterocycles. The maximum atomic E-state index is 13.2. The van der Waals surface area contributed by atoms with Crippen molar-refractivity contribution in [2.45, 2.75) is 33.2 Å². The molecule has 1 unspecified atom stereocenters. The molecule has 4 heteroatoms. The molecule has 1 aromatic carbocycles. The molecule has 0 bridgehead atoms. The Balaban J connectivity index is 2.64. The fourth-order valence-corrected chi connectivity index (χ4v) is 1.78. The molecule has 2 N–H and O–H groups in total. The standard InChI is InChI=1S/C15H23FN2O/c1-10(2)14(17)7-8-18(4)15(19)12-5-6-13(16)11(3)9-12/h5-6,9-10,14H,7-8,17H2,1-4H3. The SMILES string of the molecule is Cc1cc(C(=O)N(C)CCC(N)C(C)C)ccc1F. The number of carbonyl (C=O) groups excluding carboxylic acids is 1. The summed E-state index contributed by atoms with van der Waals surface area (Å²) in [7, 11) is 1.74. The van der Waals surface area contributed by atoms with Crippen molar-refractivity contribution in [1.82, 2.24) is 4.90 Å². The minimum absolute atomic E-state index is 0.0882. The fraction of sp³-hybridized carbons (Fsp3) is 0.533. The highest BCUT2D eigenvalue weighted by Crippen LogP contribution is 2.12. The molecule has 1 rings (SSSR count). The second kappa shape index (κ2) is 6.66. The number of rotatable bonds is 5. The van der Waals surface area contributed by atoms with Crippen molar-refractivity contribution in [1.29, 1.82) is 0 Å². The maximum absolute atomic E-state index is 13.2. The molecule has 0 aliphatic rings. The summed E-state index contributed by atoms with van der Waals surface area (Å²) >= 11 is 0. The first-order valence-corrected chi connectivity index (χ1v) is 6.60. The van der Waals surface area contributed by atoms with Crippen LogP contribution in [0.15, 0.2) is 18.2 Å². The highest BCUT2D eigenvalue weighted by Gasteiger charge is 2.15. The van der Waals surface area contributed by atoms with Gasteiger partial charge < -0.3 is 10.6 Å². The lowest BCUT2D eigenvalue weighted by Crippen LogP contribution is -2.34. The zero-order valence-electron chi connectivity index (χ0n) is 12.1. The van der Waals surface area contributed by atoms with Crippen molar-refractivity contribution >= 4 is 5.91 Å². The average Bonchev–Trinajstić information content (AvgIpc) is 2.37. The Morgan fingerprint density at radius 3 is 2.58 bits per heavy atom. The van der Waals surface area contributed by atoms with Gasteiger partial charge in [0.05, 0.1) is 0 Å². The molecule has 0 saturated carbocycles. The number of nitrogens with two attached hydrogens (primary N) is 1. The zero-order valence-corrected chi connectivity index (χ0v) is 12.1. The Bertz CT molecular complexity index is 446. The molecule has 0 aliphatic heterocycles. The van der Waals surface area contributed by atoms with Gasteiger partial charge in [-0.25, -0.2) is 4.39 Å². The van der Waals surface area contributed by atoms with Gasteiger partial charge in [-0.1, -0.05) is 13.8 Å². The molecule has 106 valence electrons. The van der Waals surface area contributed by atoms with Gasteiger partial charge in [-0.05, 0) is 43.0 Å². The molecular weight excluding hydrogens is 243 g/mol. The zero-order chi connectivity index (χ0) is 14.6. The summed E-state index contributed by atoms with van der Waals surface area (Å²) in [6.45, 7) is 6.39. The Hall–Kier alpha value is -1.42. The monoisotopic (exact) mass is 266 g/mol. The van der Waals surface area contributed by atoms with Crippen LogP contribution in [-0.4, -0.2) is 30.4 Å². The average molecular weight is 266 g/mol. The van der Waals surface area contributed by atoms with Crippen LogP contribution in [0.5, 0.6) is 0 Å². The van der Waals surface area contributed by atoms with Crippen molar-refractivity contribution < 1.29 is 9.18 Å². The molecule has 1 amide bonds. The van der Waals surface area contributed by atoms with Crippen LogP contribution in [0.4, 0.5) is 4.39 Å². The summed E-state index contributed by atoms with van der Waals surface area (Å²) in [6.07, 6.45) is 0.764. The Labute approximate surface area is 114 Å². The summed E-state index contributed by atoms with van der Waals surface area (Å²) in [6, 6.07) is 4.52. The molecular formula is C15H23FN2O. The first kappa shape index (κ1) is 15.6. The first-order valence-electron chi connectivity index (χ1n) is 6.60.